The highest BCUT2D eigenvalue weighted by molar-refractivity contribution is 6.43. The SMILES string of the molecule is BC(B)(NC(=O)C(F)(F)c1ccc(Cl)cc1)c1ccc2c(c1)C(B)(B)N(C1CCC(=O)NC1=O)C2=O. The van der Waals surface area contributed by atoms with Gasteiger partial charge in [-0.25, -0.2) is 0 Å². The van der Waals surface area contributed by atoms with Crippen LogP contribution in [0.1, 0.15) is 39.9 Å². The average Bonchev–Trinajstić information content (AvgIpc) is 2.99. The number of hydrogen-bond acceptors (Lipinski definition) is 4. The Morgan fingerprint density at radius 2 is 1.69 bits per heavy atom. The number of nitrogens with one attached hydrogen (secondary N) is 2. The second kappa shape index (κ2) is 8.80. The minimum absolute atomic E-state index is 0.124. The van der Waals surface area contributed by atoms with Crippen LogP contribution in [-0.2, 0) is 31.0 Å². The van der Waals surface area contributed by atoms with Gasteiger partial charge in [0.05, 0.1) is 0 Å². The zero-order chi connectivity index (χ0) is 26.6. The van der Waals surface area contributed by atoms with Gasteiger partial charge in [0, 0.05) is 33.2 Å². The lowest BCUT2D eigenvalue weighted by Gasteiger charge is -2.40. The van der Waals surface area contributed by atoms with Crippen molar-refractivity contribution in [1.29, 1.82) is 0 Å². The molecule has 1 saturated heterocycles. The number of amides is 4. The number of hydrogen-bond donors (Lipinski definition) is 2. The molecule has 0 saturated carbocycles. The van der Waals surface area contributed by atoms with Crippen LogP contribution in [0.15, 0.2) is 42.5 Å². The molecule has 182 valence electrons. The molecule has 2 heterocycles. The largest absolute Gasteiger partial charge is 0.357 e. The number of halogens is 3. The Bertz CT molecular complexity index is 1290. The van der Waals surface area contributed by atoms with Gasteiger partial charge in [-0.2, -0.15) is 8.78 Å². The van der Waals surface area contributed by atoms with E-state index in [1.807, 2.05) is 0 Å². The molecule has 7 nitrogen and oxygen atoms in total. The highest BCUT2D eigenvalue weighted by Gasteiger charge is 2.49. The first kappa shape index (κ1) is 26.0. The normalized spacial score (nSPS) is 19.6. The Labute approximate surface area is 215 Å². The van der Waals surface area contributed by atoms with E-state index < -0.39 is 40.0 Å². The van der Waals surface area contributed by atoms with Crippen LogP contribution < -0.4 is 10.6 Å². The second-order valence-electron chi connectivity index (χ2n) is 10.1. The van der Waals surface area contributed by atoms with Gasteiger partial charge in [0.1, 0.15) is 37.4 Å². The predicted molar refractivity (Wildman–Crippen MR) is 140 cm³/mol. The quantitative estimate of drug-likeness (QED) is 0.370. The van der Waals surface area contributed by atoms with E-state index in [1.165, 1.54) is 17.0 Å². The number of carbonyl (C=O) groups excluding carboxylic acids is 4. The van der Waals surface area contributed by atoms with E-state index >= 15 is 0 Å². The molecule has 2 aromatic carbocycles. The van der Waals surface area contributed by atoms with Crippen molar-refractivity contribution in [2.24, 2.45) is 0 Å². The van der Waals surface area contributed by atoms with Gasteiger partial charge in [0.25, 0.3) is 11.8 Å². The molecule has 36 heavy (non-hydrogen) atoms. The maximum absolute atomic E-state index is 14.9. The molecule has 0 radical (unpaired) electrons. The summed E-state index contributed by atoms with van der Waals surface area (Å²) in [5.41, 5.74) is 0.997. The maximum Gasteiger partial charge on any atom is 0.349 e. The lowest BCUT2D eigenvalue weighted by molar-refractivity contribution is -0.147. The fourth-order valence-corrected chi connectivity index (χ4v) is 4.95. The van der Waals surface area contributed by atoms with Crippen LogP contribution in [0.25, 0.3) is 0 Å². The molecule has 4 rings (SSSR count). The second-order valence-corrected chi connectivity index (χ2v) is 10.6. The summed E-state index contributed by atoms with van der Waals surface area (Å²) < 4.78 is 29.7. The Balaban J connectivity index is 1.62. The van der Waals surface area contributed by atoms with E-state index in [2.05, 4.69) is 10.6 Å². The van der Waals surface area contributed by atoms with Crippen molar-refractivity contribution in [2.45, 2.75) is 35.5 Å². The van der Waals surface area contributed by atoms with Gasteiger partial charge in [0.15, 0.2) is 0 Å². The van der Waals surface area contributed by atoms with Gasteiger partial charge in [-0.05, 0) is 35.7 Å². The molecule has 1 atom stereocenters. The number of piperidine rings is 1. The number of rotatable bonds is 5. The third-order valence-electron chi connectivity index (χ3n) is 6.89. The summed E-state index contributed by atoms with van der Waals surface area (Å²) in [5, 5.41) is 2.84. The minimum atomic E-state index is -3.80. The van der Waals surface area contributed by atoms with Gasteiger partial charge in [-0.1, -0.05) is 35.9 Å². The molecular formula is C22H22B4ClF2N3O4. The van der Waals surface area contributed by atoms with Gasteiger partial charge in [0.2, 0.25) is 11.8 Å². The average molecular weight is 509 g/mol. The van der Waals surface area contributed by atoms with Crippen molar-refractivity contribution in [3.05, 3.63) is 69.7 Å². The van der Waals surface area contributed by atoms with E-state index in [4.69, 9.17) is 11.6 Å². The monoisotopic (exact) mass is 509 g/mol. The van der Waals surface area contributed by atoms with Crippen molar-refractivity contribution in [1.82, 2.24) is 15.5 Å². The highest BCUT2D eigenvalue weighted by atomic mass is 35.5. The molecule has 2 aromatic rings. The minimum Gasteiger partial charge on any atom is -0.357 e. The van der Waals surface area contributed by atoms with Gasteiger partial charge >= 0.3 is 5.92 Å². The lowest BCUT2D eigenvalue weighted by Crippen LogP contribution is -2.59. The molecule has 1 unspecified atom stereocenters. The molecule has 0 spiro atoms. The zero-order valence-corrected chi connectivity index (χ0v) is 21.0. The van der Waals surface area contributed by atoms with Crippen molar-refractivity contribution >= 4 is 66.6 Å². The number of benzene rings is 2. The van der Waals surface area contributed by atoms with Crippen LogP contribution in [-0.4, -0.2) is 66.0 Å². The summed E-state index contributed by atoms with van der Waals surface area (Å²) >= 11 is 5.77. The van der Waals surface area contributed by atoms with Crippen LogP contribution in [0, 0.1) is 0 Å². The summed E-state index contributed by atoms with van der Waals surface area (Å²) in [6.45, 7) is 0. The molecule has 2 N–H and O–H groups in total. The number of carbonyl (C=O) groups is 4. The summed E-state index contributed by atoms with van der Waals surface area (Å²) in [4.78, 5) is 51.5. The zero-order valence-electron chi connectivity index (χ0n) is 20.2. The molecular weight excluding hydrogens is 487 g/mol. The fourth-order valence-electron chi connectivity index (χ4n) is 4.82. The summed E-state index contributed by atoms with van der Waals surface area (Å²) in [5.74, 6) is -6.54. The van der Waals surface area contributed by atoms with Crippen molar-refractivity contribution < 1.29 is 28.0 Å². The van der Waals surface area contributed by atoms with E-state index in [0.29, 0.717) is 16.7 Å². The van der Waals surface area contributed by atoms with Gasteiger partial charge < -0.3 is 10.2 Å². The Morgan fingerprint density at radius 1 is 1.08 bits per heavy atom. The van der Waals surface area contributed by atoms with Crippen LogP contribution in [0.4, 0.5) is 8.78 Å². The molecule has 2 aliphatic heterocycles. The Morgan fingerprint density at radius 3 is 2.31 bits per heavy atom. The first-order chi connectivity index (χ1) is 16.7. The predicted octanol–water partition coefficient (Wildman–Crippen LogP) is -1.74. The van der Waals surface area contributed by atoms with E-state index in [0.717, 1.165) is 12.1 Å². The van der Waals surface area contributed by atoms with Gasteiger partial charge in [-0.15, -0.1) is 0 Å². The first-order valence-corrected chi connectivity index (χ1v) is 11.8. The maximum atomic E-state index is 14.9. The van der Waals surface area contributed by atoms with Crippen LogP contribution >= 0.6 is 11.6 Å². The van der Waals surface area contributed by atoms with Crippen molar-refractivity contribution in [3.8, 4) is 0 Å². The molecule has 0 bridgehead atoms. The summed E-state index contributed by atoms with van der Waals surface area (Å²) in [6, 6.07) is 8.83. The van der Waals surface area contributed by atoms with Crippen molar-refractivity contribution in [3.63, 3.8) is 0 Å². The number of imide groups is 1. The molecule has 1 fully saturated rings. The molecule has 4 amide bonds. The van der Waals surface area contributed by atoms with Crippen LogP contribution in [0.2, 0.25) is 5.02 Å². The van der Waals surface area contributed by atoms with E-state index in [-0.39, 0.29) is 29.7 Å². The smallest absolute Gasteiger partial charge is 0.349 e. The molecule has 0 aromatic heterocycles. The fraction of sp³-hybridized carbons (Fsp3) is 0.273. The van der Waals surface area contributed by atoms with Crippen molar-refractivity contribution in [2.75, 3.05) is 0 Å². The Kier molecular flexibility index (Phi) is 6.35. The Hall–Kier alpha value is -3.07. The van der Waals surface area contributed by atoms with Gasteiger partial charge in [-0.3, -0.25) is 24.5 Å². The summed E-state index contributed by atoms with van der Waals surface area (Å²) in [7, 11) is 6.74. The third-order valence-corrected chi connectivity index (χ3v) is 7.14. The van der Waals surface area contributed by atoms with E-state index in [9.17, 15) is 28.0 Å². The molecule has 2 aliphatic rings. The number of nitrogens with zero attached hydrogens (tertiary/aromatic N) is 1. The first-order valence-electron chi connectivity index (χ1n) is 11.4. The standard InChI is InChI=1S/C22H22B4ClF2N3O4/c23-21(24,31-19(36)20(28,29)10-1-4-12(27)5-2-10)11-3-6-13-14(9-11)22(25,26)32(18(13)35)15-7-8-16(33)30-17(15)34/h1-6,9,15H,7-8,23-26H2,(H,31,36)(H,30,33,34). The molecule has 14 heteroatoms. The highest BCUT2D eigenvalue weighted by Crippen LogP contribution is 2.39. The number of fused-ring (bicyclic) bond motifs is 1. The summed E-state index contributed by atoms with van der Waals surface area (Å²) in [6.07, 6.45) is 0.334. The molecule has 0 aliphatic carbocycles. The number of alkyl halides is 2. The van der Waals surface area contributed by atoms with E-state index in [1.54, 1.807) is 49.6 Å². The van der Waals surface area contributed by atoms with Crippen LogP contribution in [0.3, 0.4) is 0 Å². The third kappa shape index (κ3) is 4.34. The van der Waals surface area contributed by atoms with Crippen LogP contribution in [0.5, 0.6) is 0 Å². The lowest BCUT2D eigenvalue weighted by atomic mass is 9.54. The topological polar surface area (TPSA) is 95.6 Å².